The summed E-state index contributed by atoms with van der Waals surface area (Å²) in [6.07, 6.45) is 4.75. The third-order valence-electron chi connectivity index (χ3n) is 3.03. The lowest BCUT2D eigenvalue weighted by Crippen LogP contribution is -2.03. The molecule has 2 aromatic rings. The van der Waals surface area contributed by atoms with Gasteiger partial charge >= 0.3 is 0 Å². The van der Waals surface area contributed by atoms with Crippen LogP contribution in [0.1, 0.15) is 31.5 Å². The van der Waals surface area contributed by atoms with Gasteiger partial charge in [-0.2, -0.15) is 0 Å². The fourth-order valence-electron chi connectivity index (χ4n) is 2.04. The second-order valence-corrected chi connectivity index (χ2v) is 4.43. The van der Waals surface area contributed by atoms with Crippen LogP contribution in [0.3, 0.4) is 0 Å². The van der Waals surface area contributed by atoms with Crippen LogP contribution in [-0.2, 0) is 12.8 Å². The van der Waals surface area contributed by atoms with Crippen molar-refractivity contribution >= 4 is 5.82 Å². The predicted molar refractivity (Wildman–Crippen MR) is 78.2 cm³/mol. The van der Waals surface area contributed by atoms with Crippen LogP contribution in [0, 0.1) is 0 Å². The molecule has 0 aliphatic rings. The molecule has 2 heterocycles. The maximum atomic E-state index is 4.64. The molecule has 0 spiro atoms. The van der Waals surface area contributed by atoms with Gasteiger partial charge in [0.15, 0.2) is 5.82 Å². The van der Waals surface area contributed by atoms with Crippen LogP contribution >= 0.6 is 0 Å². The van der Waals surface area contributed by atoms with Crippen LogP contribution in [0.2, 0.25) is 0 Å². The molecule has 0 atom stereocenters. The minimum absolute atomic E-state index is 0.716. The van der Waals surface area contributed by atoms with Gasteiger partial charge in [0.25, 0.3) is 0 Å². The summed E-state index contributed by atoms with van der Waals surface area (Å²) in [5, 5.41) is 3.09. The molecule has 1 N–H and O–H groups in total. The van der Waals surface area contributed by atoms with Crippen molar-refractivity contribution < 1.29 is 0 Å². The monoisotopic (exact) mass is 256 g/mol. The lowest BCUT2D eigenvalue weighted by Gasteiger charge is -2.09. The molecular formula is C15H20N4. The predicted octanol–water partition coefficient (Wildman–Crippen LogP) is 3.10. The number of aryl methyl sites for hydroxylation is 2. The van der Waals surface area contributed by atoms with Crippen molar-refractivity contribution in [2.45, 2.75) is 33.1 Å². The Hall–Kier alpha value is -1.97. The minimum atomic E-state index is 0.716. The first-order chi connectivity index (χ1) is 9.28. The number of rotatable bonds is 5. The van der Waals surface area contributed by atoms with Crippen molar-refractivity contribution in [1.82, 2.24) is 15.0 Å². The molecule has 0 aliphatic heterocycles. The van der Waals surface area contributed by atoms with Crippen LogP contribution in [-0.4, -0.2) is 22.0 Å². The molecule has 0 fully saturated rings. The van der Waals surface area contributed by atoms with Gasteiger partial charge < -0.3 is 5.32 Å². The van der Waals surface area contributed by atoms with Crippen LogP contribution < -0.4 is 5.32 Å². The largest absolute Gasteiger partial charge is 0.373 e. The number of anilines is 1. The highest BCUT2D eigenvalue weighted by Crippen LogP contribution is 2.20. The Kier molecular flexibility index (Phi) is 4.44. The van der Waals surface area contributed by atoms with E-state index in [0.717, 1.165) is 36.5 Å². The van der Waals surface area contributed by atoms with E-state index in [1.165, 1.54) is 5.56 Å². The van der Waals surface area contributed by atoms with E-state index >= 15 is 0 Å². The Morgan fingerprint density at radius 3 is 2.74 bits per heavy atom. The lowest BCUT2D eigenvalue weighted by atomic mass is 10.1. The highest BCUT2D eigenvalue weighted by molar-refractivity contribution is 5.57. The molecule has 2 rings (SSSR count). The number of aromatic nitrogens is 3. The molecule has 19 heavy (non-hydrogen) atoms. The summed E-state index contributed by atoms with van der Waals surface area (Å²) < 4.78 is 0. The van der Waals surface area contributed by atoms with Crippen LogP contribution in [0.15, 0.2) is 24.4 Å². The maximum absolute atomic E-state index is 4.64. The van der Waals surface area contributed by atoms with Crippen molar-refractivity contribution in [3.8, 4) is 11.5 Å². The molecule has 0 aliphatic carbocycles. The first kappa shape index (κ1) is 13.5. The van der Waals surface area contributed by atoms with E-state index in [9.17, 15) is 0 Å². The Labute approximate surface area is 114 Å². The highest BCUT2D eigenvalue weighted by atomic mass is 15.0. The van der Waals surface area contributed by atoms with Gasteiger partial charge in [-0.05, 0) is 24.5 Å². The molecule has 0 bridgehead atoms. The average Bonchev–Trinajstić information content (AvgIpc) is 2.47. The Bertz CT molecular complexity index is 552. The van der Waals surface area contributed by atoms with Gasteiger partial charge in [0, 0.05) is 25.0 Å². The first-order valence-electron chi connectivity index (χ1n) is 6.78. The summed E-state index contributed by atoms with van der Waals surface area (Å²) in [5.41, 5.74) is 3.13. The van der Waals surface area contributed by atoms with E-state index in [2.05, 4.69) is 40.2 Å². The third kappa shape index (κ3) is 3.08. The number of hydrogen-bond donors (Lipinski definition) is 1. The fraction of sp³-hybridized carbons (Fsp3) is 0.400. The van der Waals surface area contributed by atoms with Crippen molar-refractivity contribution in [2.75, 3.05) is 12.4 Å². The highest BCUT2D eigenvalue weighted by Gasteiger charge is 2.10. The zero-order valence-electron chi connectivity index (χ0n) is 11.8. The van der Waals surface area contributed by atoms with Gasteiger partial charge in [-0.15, -0.1) is 0 Å². The van der Waals surface area contributed by atoms with Gasteiger partial charge in [-0.25, -0.2) is 9.97 Å². The number of nitrogens with one attached hydrogen (secondary N) is 1. The van der Waals surface area contributed by atoms with E-state index in [0.29, 0.717) is 5.82 Å². The summed E-state index contributed by atoms with van der Waals surface area (Å²) in [6.45, 7) is 4.27. The molecule has 0 radical (unpaired) electrons. The molecule has 0 aromatic carbocycles. The lowest BCUT2D eigenvalue weighted by molar-refractivity contribution is 0.873. The van der Waals surface area contributed by atoms with Crippen LogP contribution in [0.4, 0.5) is 5.82 Å². The van der Waals surface area contributed by atoms with E-state index in [1.54, 1.807) is 6.20 Å². The zero-order chi connectivity index (χ0) is 13.7. The summed E-state index contributed by atoms with van der Waals surface area (Å²) in [7, 11) is 1.88. The van der Waals surface area contributed by atoms with Gasteiger partial charge in [-0.3, -0.25) is 4.98 Å². The second-order valence-electron chi connectivity index (χ2n) is 4.43. The van der Waals surface area contributed by atoms with Gasteiger partial charge in [-0.1, -0.05) is 26.3 Å². The maximum Gasteiger partial charge on any atom is 0.180 e. The topological polar surface area (TPSA) is 50.7 Å². The summed E-state index contributed by atoms with van der Waals surface area (Å²) in [4.78, 5) is 13.6. The molecule has 4 nitrogen and oxygen atoms in total. The average molecular weight is 256 g/mol. The number of nitrogens with zero attached hydrogens (tertiary/aromatic N) is 3. The standard InChI is InChI=1S/C15H20N4/c1-4-7-12-10-13(16-3)19-15(18-12)14-11(5-2)8-6-9-17-14/h6,8-10H,4-5,7H2,1-3H3,(H,16,18,19). The Morgan fingerprint density at radius 1 is 1.21 bits per heavy atom. The molecule has 4 heteroatoms. The zero-order valence-corrected chi connectivity index (χ0v) is 11.8. The van der Waals surface area contributed by atoms with E-state index in [-0.39, 0.29) is 0 Å². The number of pyridine rings is 1. The molecule has 2 aromatic heterocycles. The summed E-state index contributed by atoms with van der Waals surface area (Å²) in [6, 6.07) is 6.04. The quantitative estimate of drug-likeness (QED) is 0.893. The molecule has 0 unspecified atom stereocenters. The smallest absolute Gasteiger partial charge is 0.180 e. The van der Waals surface area contributed by atoms with Crippen LogP contribution in [0.25, 0.3) is 11.5 Å². The third-order valence-corrected chi connectivity index (χ3v) is 3.03. The Balaban J connectivity index is 2.51. The molecule has 0 saturated carbocycles. The van der Waals surface area contributed by atoms with Crippen molar-refractivity contribution in [1.29, 1.82) is 0 Å². The van der Waals surface area contributed by atoms with Crippen molar-refractivity contribution in [3.63, 3.8) is 0 Å². The summed E-state index contributed by atoms with van der Waals surface area (Å²) in [5.74, 6) is 1.56. The molecule has 100 valence electrons. The van der Waals surface area contributed by atoms with Crippen molar-refractivity contribution in [3.05, 3.63) is 35.7 Å². The van der Waals surface area contributed by atoms with E-state index in [1.807, 2.05) is 19.2 Å². The normalized spacial score (nSPS) is 10.5. The minimum Gasteiger partial charge on any atom is -0.373 e. The fourth-order valence-corrected chi connectivity index (χ4v) is 2.04. The Morgan fingerprint density at radius 2 is 2.05 bits per heavy atom. The first-order valence-corrected chi connectivity index (χ1v) is 6.78. The van der Waals surface area contributed by atoms with E-state index in [4.69, 9.17) is 0 Å². The van der Waals surface area contributed by atoms with Gasteiger partial charge in [0.2, 0.25) is 0 Å². The molecule has 0 amide bonds. The second kappa shape index (κ2) is 6.27. The SMILES string of the molecule is CCCc1cc(NC)nc(-c2ncccc2CC)n1. The van der Waals surface area contributed by atoms with E-state index < -0.39 is 0 Å². The summed E-state index contributed by atoms with van der Waals surface area (Å²) >= 11 is 0. The molecular weight excluding hydrogens is 236 g/mol. The van der Waals surface area contributed by atoms with Crippen molar-refractivity contribution in [2.24, 2.45) is 0 Å². The van der Waals surface area contributed by atoms with Gasteiger partial charge in [0.1, 0.15) is 11.5 Å². The van der Waals surface area contributed by atoms with Gasteiger partial charge in [0.05, 0.1) is 0 Å². The van der Waals surface area contributed by atoms with Crippen LogP contribution in [0.5, 0.6) is 0 Å². The number of hydrogen-bond acceptors (Lipinski definition) is 4. The molecule has 0 saturated heterocycles.